The van der Waals surface area contributed by atoms with Gasteiger partial charge in [0.2, 0.25) is 0 Å². The highest BCUT2D eigenvalue weighted by Crippen LogP contribution is 2.07. The number of likely N-dealkylation sites (N-methyl/N-ethyl adjacent to an activating group) is 1. The first-order valence-electron chi connectivity index (χ1n) is 6.32. The largest absolute Gasteiger partial charge is 0.491 e. The van der Waals surface area contributed by atoms with Gasteiger partial charge in [-0.1, -0.05) is 24.8 Å². The van der Waals surface area contributed by atoms with Crippen LogP contribution < -0.4 is 4.74 Å². The summed E-state index contributed by atoms with van der Waals surface area (Å²) in [5.41, 5.74) is 0. The fourth-order valence-corrected chi connectivity index (χ4v) is 1.59. The molecule has 0 radical (unpaired) electrons. The van der Waals surface area contributed by atoms with Crippen LogP contribution in [0.1, 0.15) is 0 Å². The third kappa shape index (κ3) is 6.42. The summed E-state index contributed by atoms with van der Waals surface area (Å²) in [4.78, 5) is 0. The van der Waals surface area contributed by atoms with Gasteiger partial charge in [-0.3, -0.25) is 0 Å². The first kappa shape index (κ1) is 14.7. The minimum atomic E-state index is 0.596. The Morgan fingerprint density at radius 2 is 1.83 bits per heavy atom. The molecule has 0 fully saturated rings. The molecule has 0 spiro atoms. The highest BCUT2D eigenvalue weighted by molar-refractivity contribution is 5.20. The molecule has 100 valence electrons. The minimum absolute atomic E-state index is 0.596. The zero-order valence-electron chi connectivity index (χ0n) is 11.5. The highest BCUT2D eigenvalue weighted by atomic mass is 16.5. The lowest BCUT2D eigenvalue weighted by Gasteiger charge is -2.28. The Labute approximate surface area is 110 Å². The van der Waals surface area contributed by atoms with Crippen LogP contribution in [0.2, 0.25) is 0 Å². The van der Waals surface area contributed by atoms with Crippen LogP contribution in [-0.2, 0) is 4.74 Å². The monoisotopic (exact) mass is 250 g/mol. The molecule has 0 bridgehead atoms. The number of quaternary nitrogens is 1. The van der Waals surface area contributed by atoms with E-state index in [4.69, 9.17) is 9.47 Å². The van der Waals surface area contributed by atoms with E-state index in [1.165, 1.54) is 0 Å². The maximum Gasteiger partial charge on any atom is 0.119 e. The molecule has 0 saturated heterocycles. The molecule has 1 aromatic rings. The van der Waals surface area contributed by atoms with E-state index in [1.807, 2.05) is 36.4 Å². The SMILES string of the molecule is C=CC[N+](C)(C)CCOCCOc1ccccc1. The lowest BCUT2D eigenvalue weighted by molar-refractivity contribution is -0.884. The number of benzene rings is 1. The van der Waals surface area contributed by atoms with Crippen molar-refractivity contribution in [3.63, 3.8) is 0 Å². The lowest BCUT2D eigenvalue weighted by Crippen LogP contribution is -2.42. The molecule has 3 heteroatoms. The third-order valence-corrected chi connectivity index (χ3v) is 2.70. The predicted molar refractivity (Wildman–Crippen MR) is 74.8 cm³/mol. The molecule has 0 aromatic heterocycles. The molecule has 3 nitrogen and oxygen atoms in total. The van der Waals surface area contributed by atoms with E-state index >= 15 is 0 Å². The van der Waals surface area contributed by atoms with Crippen LogP contribution in [0.3, 0.4) is 0 Å². The molecule has 18 heavy (non-hydrogen) atoms. The summed E-state index contributed by atoms with van der Waals surface area (Å²) in [6.45, 7) is 7.68. The van der Waals surface area contributed by atoms with Crippen LogP contribution in [-0.4, -0.2) is 51.5 Å². The van der Waals surface area contributed by atoms with Crippen LogP contribution in [0.5, 0.6) is 5.75 Å². The fourth-order valence-electron chi connectivity index (χ4n) is 1.59. The van der Waals surface area contributed by atoms with Crippen molar-refractivity contribution in [2.45, 2.75) is 0 Å². The average Bonchev–Trinajstić information content (AvgIpc) is 2.35. The quantitative estimate of drug-likeness (QED) is 0.380. The Kier molecular flexibility index (Phi) is 6.47. The fraction of sp³-hybridized carbons (Fsp3) is 0.467. The predicted octanol–water partition coefficient (Wildman–Crippen LogP) is 2.34. The van der Waals surface area contributed by atoms with Crippen molar-refractivity contribution in [3.05, 3.63) is 43.0 Å². The van der Waals surface area contributed by atoms with Gasteiger partial charge in [-0.15, -0.1) is 0 Å². The van der Waals surface area contributed by atoms with Gasteiger partial charge < -0.3 is 14.0 Å². The third-order valence-electron chi connectivity index (χ3n) is 2.70. The molecule has 0 aliphatic heterocycles. The molecule has 0 unspecified atom stereocenters. The molecule has 0 aliphatic rings. The standard InChI is InChI=1S/C15H24NO2/c1-4-10-16(2,3)11-12-17-13-14-18-15-8-6-5-7-9-15/h4-9H,1,10-14H2,2-3H3/q+1. The second-order valence-electron chi connectivity index (χ2n) is 4.90. The van der Waals surface area contributed by atoms with Crippen LogP contribution in [0.25, 0.3) is 0 Å². The van der Waals surface area contributed by atoms with Crippen molar-refractivity contribution >= 4 is 0 Å². The van der Waals surface area contributed by atoms with Gasteiger partial charge in [0, 0.05) is 0 Å². The molecular formula is C15H24NO2+. The zero-order valence-corrected chi connectivity index (χ0v) is 11.5. The van der Waals surface area contributed by atoms with Gasteiger partial charge in [0.25, 0.3) is 0 Å². The molecule has 0 atom stereocenters. The summed E-state index contributed by atoms with van der Waals surface area (Å²) in [6.07, 6.45) is 1.94. The molecular weight excluding hydrogens is 226 g/mol. The minimum Gasteiger partial charge on any atom is -0.491 e. The van der Waals surface area contributed by atoms with Gasteiger partial charge in [0.15, 0.2) is 0 Å². The Balaban J connectivity index is 2.04. The van der Waals surface area contributed by atoms with Gasteiger partial charge in [0.1, 0.15) is 18.9 Å². The summed E-state index contributed by atoms with van der Waals surface area (Å²) in [6, 6.07) is 9.80. The molecule has 0 saturated carbocycles. The number of hydrogen-bond donors (Lipinski definition) is 0. The second-order valence-corrected chi connectivity index (χ2v) is 4.90. The first-order valence-corrected chi connectivity index (χ1v) is 6.32. The van der Waals surface area contributed by atoms with Crippen molar-refractivity contribution in [3.8, 4) is 5.75 Å². The summed E-state index contributed by atoms with van der Waals surface area (Å²) in [7, 11) is 4.34. The smallest absolute Gasteiger partial charge is 0.119 e. The Hall–Kier alpha value is -1.32. The molecule has 1 aromatic carbocycles. The van der Waals surface area contributed by atoms with Crippen molar-refractivity contribution < 1.29 is 14.0 Å². The van der Waals surface area contributed by atoms with Crippen LogP contribution in [0.15, 0.2) is 43.0 Å². The number of nitrogens with zero attached hydrogens (tertiary/aromatic N) is 1. The molecule has 0 amide bonds. The summed E-state index contributed by atoms with van der Waals surface area (Å²) in [5, 5.41) is 0. The van der Waals surface area contributed by atoms with Gasteiger partial charge >= 0.3 is 0 Å². The summed E-state index contributed by atoms with van der Waals surface area (Å²) < 4.78 is 12.0. The highest BCUT2D eigenvalue weighted by Gasteiger charge is 2.11. The van der Waals surface area contributed by atoms with Gasteiger partial charge in [-0.25, -0.2) is 0 Å². The van der Waals surface area contributed by atoms with E-state index in [2.05, 4.69) is 20.7 Å². The number of ether oxygens (including phenoxy) is 2. The maximum absolute atomic E-state index is 5.56. The van der Waals surface area contributed by atoms with E-state index in [0.29, 0.717) is 13.2 Å². The van der Waals surface area contributed by atoms with Crippen LogP contribution >= 0.6 is 0 Å². The van der Waals surface area contributed by atoms with E-state index < -0.39 is 0 Å². The van der Waals surface area contributed by atoms with Crippen molar-refractivity contribution in [1.82, 2.24) is 0 Å². The molecule has 1 rings (SSSR count). The number of rotatable bonds is 9. The van der Waals surface area contributed by atoms with Crippen molar-refractivity contribution in [2.24, 2.45) is 0 Å². The van der Waals surface area contributed by atoms with Crippen LogP contribution in [0, 0.1) is 0 Å². The van der Waals surface area contributed by atoms with Gasteiger partial charge in [-0.2, -0.15) is 0 Å². The summed E-state index contributed by atoms with van der Waals surface area (Å²) >= 11 is 0. The average molecular weight is 250 g/mol. The topological polar surface area (TPSA) is 18.5 Å². The molecule has 0 aliphatic carbocycles. The van der Waals surface area contributed by atoms with Crippen LogP contribution in [0.4, 0.5) is 0 Å². The van der Waals surface area contributed by atoms with Gasteiger partial charge in [-0.05, 0) is 18.2 Å². The summed E-state index contributed by atoms with van der Waals surface area (Å²) in [5.74, 6) is 0.892. The number of hydrogen-bond acceptors (Lipinski definition) is 2. The maximum atomic E-state index is 5.56. The van der Waals surface area contributed by atoms with E-state index in [0.717, 1.165) is 29.9 Å². The second kappa shape index (κ2) is 7.90. The van der Waals surface area contributed by atoms with Crippen molar-refractivity contribution in [2.75, 3.05) is 47.0 Å². The Bertz CT molecular complexity index is 336. The Morgan fingerprint density at radius 1 is 1.11 bits per heavy atom. The molecule has 0 N–H and O–H groups in total. The normalized spacial score (nSPS) is 11.2. The van der Waals surface area contributed by atoms with Gasteiger partial charge in [0.05, 0.1) is 33.9 Å². The van der Waals surface area contributed by atoms with E-state index in [9.17, 15) is 0 Å². The van der Waals surface area contributed by atoms with E-state index in [1.54, 1.807) is 0 Å². The zero-order chi connectivity index (χ0) is 13.3. The van der Waals surface area contributed by atoms with E-state index in [-0.39, 0.29) is 0 Å². The lowest BCUT2D eigenvalue weighted by atomic mass is 10.3. The first-order chi connectivity index (χ1) is 8.64. The Morgan fingerprint density at radius 3 is 2.50 bits per heavy atom. The molecule has 0 heterocycles. The number of para-hydroxylation sites is 1. The van der Waals surface area contributed by atoms with Crippen molar-refractivity contribution in [1.29, 1.82) is 0 Å².